The molecular formula is C39H44INaO15. The van der Waals surface area contributed by atoms with Crippen LogP contribution >= 0.6 is 0 Å². The van der Waals surface area contributed by atoms with Crippen LogP contribution in [0.25, 0.3) is 21.5 Å². The summed E-state index contributed by atoms with van der Waals surface area (Å²) in [6.07, 6.45) is -4.69. The summed E-state index contributed by atoms with van der Waals surface area (Å²) in [4.78, 5) is 11.3. The SMILES string of the molecule is CC1(C)O[C@H]2O[C@H](C(O)CO)[C@@H](OCc3ccc4ccccc4c3)[C@H]2O1.CC1(C)O[C@H]2O[C@H](C=O)[C@@H](OCc3ccc4ccccc4c3)[C@H]2O1.[Na+].[O-][I+3]([O-])([O-])[O-]. The van der Waals surface area contributed by atoms with Crippen molar-refractivity contribution in [1.29, 1.82) is 0 Å². The summed E-state index contributed by atoms with van der Waals surface area (Å²) < 4.78 is 81.0. The van der Waals surface area contributed by atoms with Crippen LogP contribution in [0.3, 0.4) is 0 Å². The molecule has 4 aliphatic heterocycles. The number of rotatable bonds is 9. The van der Waals surface area contributed by atoms with E-state index in [-0.39, 0.29) is 29.6 Å². The Morgan fingerprint density at radius 1 is 0.696 bits per heavy atom. The minimum absolute atomic E-state index is 0. The summed E-state index contributed by atoms with van der Waals surface area (Å²) in [5.41, 5.74) is 2.06. The minimum atomic E-state index is -5.94. The Morgan fingerprint density at radius 3 is 1.59 bits per heavy atom. The molecule has 0 aliphatic carbocycles. The number of ether oxygens (including phenoxy) is 8. The summed E-state index contributed by atoms with van der Waals surface area (Å²) in [6.45, 7) is 7.59. The molecule has 4 aromatic carbocycles. The maximum Gasteiger partial charge on any atom is 1.00 e. The zero-order chi connectivity index (χ0) is 39.5. The molecule has 4 saturated heterocycles. The molecule has 2 N–H and O–H groups in total. The van der Waals surface area contributed by atoms with E-state index in [1.165, 1.54) is 10.8 Å². The van der Waals surface area contributed by atoms with Gasteiger partial charge < -0.3 is 52.9 Å². The van der Waals surface area contributed by atoms with Crippen LogP contribution in [0.15, 0.2) is 84.9 Å². The molecule has 0 aromatic heterocycles. The maximum atomic E-state index is 11.3. The van der Waals surface area contributed by atoms with Gasteiger partial charge in [0.05, 0.1) is 19.8 Å². The van der Waals surface area contributed by atoms with Crippen LogP contribution in [-0.4, -0.2) is 90.0 Å². The number of hydrogen-bond donors (Lipinski definition) is 2. The van der Waals surface area contributed by atoms with Gasteiger partial charge in [-0.15, -0.1) is 0 Å². The average Bonchev–Trinajstić information content (AvgIpc) is 3.82. The summed E-state index contributed by atoms with van der Waals surface area (Å²) in [6, 6.07) is 28.6. The predicted octanol–water partition coefficient (Wildman–Crippen LogP) is -5.99. The second-order valence-electron chi connectivity index (χ2n) is 14.3. The van der Waals surface area contributed by atoms with Crippen LogP contribution < -0.4 is 63.4 Å². The van der Waals surface area contributed by atoms with Gasteiger partial charge in [0.15, 0.2) is 30.4 Å². The third kappa shape index (κ3) is 11.7. The molecule has 0 spiro atoms. The molecule has 0 saturated carbocycles. The Balaban J connectivity index is 0.000000189. The number of fused-ring (bicyclic) bond motifs is 4. The Hall–Kier alpha value is -1.76. The van der Waals surface area contributed by atoms with Gasteiger partial charge in [-0.2, -0.15) is 0 Å². The van der Waals surface area contributed by atoms with E-state index in [4.69, 9.17) is 51.6 Å². The second-order valence-corrected chi connectivity index (χ2v) is 16.5. The van der Waals surface area contributed by atoms with Crippen LogP contribution in [-0.2, 0) is 55.9 Å². The molecule has 9 atom stereocenters. The number of halogens is 1. The van der Waals surface area contributed by atoms with E-state index in [9.17, 15) is 15.0 Å². The molecule has 4 fully saturated rings. The first-order chi connectivity index (χ1) is 26.0. The number of hydrogen-bond acceptors (Lipinski definition) is 15. The Labute approximate surface area is 352 Å². The molecule has 4 aromatic rings. The molecular weight excluding hydrogens is 858 g/mol. The van der Waals surface area contributed by atoms with Crippen molar-refractivity contribution in [1.82, 2.24) is 0 Å². The third-order valence-corrected chi connectivity index (χ3v) is 9.27. The van der Waals surface area contributed by atoms with Crippen molar-refractivity contribution in [3.8, 4) is 0 Å². The molecule has 0 amide bonds. The van der Waals surface area contributed by atoms with Gasteiger partial charge in [0.25, 0.3) is 0 Å². The van der Waals surface area contributed by atoms with Crippen LogP contribution in [0.5, 0.6) is 0 Å². The molecule has 15 nitrogen and oxygen atoms in total. The number of benzene rings is 4. The first-order valence-electron chi connectivity index (χ1n) is 17.6. The van der Waals surface area contributed by atoms with E-state index in [1.54, 1.807) is 0 Å². The van der Waals surface area contributed by atoms with E-state index in [0.717, 1.165) is 28.2 Å². The van der Waals surface area contributed by atoms with Crippen LogP contribution in [0.2, 0.25) is 0 Å². The first kappa shape index (κ1) is 45.3. The predicted molar refractivity (Wildman–Crippen MR) is 182 cm³/mol. The van der Waals surface area contributed by atoms with Gasteiger partial charge in [0.2, 0.25) is 0 Å². The summed E-state index contributed by atoms with van der Waals surface area (Å²) in [7, 11) is 0. The zero-order valence-electron chi connectivity index (χ0n) is 31.6. The van der Waals surface area contributed by atoms with Crippen molar-refractivity contribution in [2.75, 3.05) is 6.61 Å². The van der Waals surface area contributed by atoms with Crippen molar-refractivity contribution in [3.63, 3.8) is 0 Å². The normalized spacial score (nSPS) is 29.0. The maximum absolute atomic E-state index is 11.3. The van der Waals surface area contributed by atoms with E-state index >= 15 is 0 Å². The summed E-state index contributed by atoms with van der Waals surface area (Å²) in [5, 5.41) is 24.1. The number of aliphatic hydroxyl groups is 2. The number of carbonyl (C=O) groups excluding carboxylic acids is 1. The fourth-order valence-electron chi connectivity index (χ4n) is 6.95. The molecule has 298 valence electrons. The number of aldehydes is 1. The molecule has 0 radical (unpaired) electrons. The summed E-state index contributed by atoms with van der Waals surface area (Å²) in [5.74, 6) is -1.50. The molecule has 0 bridgehead atoms. The van der Waals surface area contributed by atoms with Gasteiger partial charge in [0, 0.05) is 0 Å². The topological polar surface area (TPSA) is 224 Å². The van der Waals surface area contributed by atoms with Crippen LogP contribution in [0, 0.1) is 0 Å². The smallest absolute Gasteiger partial charge is 0.394 e. The summed E-state index contributed by atoms with van der Waals surface area (Å²) >= 11 is -5.94. The van der Waals surface area contributed by atoms with E-state index in [0.29, 0.717) is 13.2 Å². The third-order valence-electron chi connectivity index (χ3n) is 9.27. The second kappa shape index (κ2) is 19.1. The Bertz CT molecular complexity index is 1900. The van der Waals surface area contributed by atoms with Gasteiger partial charge in [-0.3, -0.25) is 13.7 Å². The molecule has 56 heavy (non-hydrogen) atoms. The molecule has 4 heterocycles. The quantitative estimate of drug-likeness (QED) is 0.0907. The zero-order valence-corrected chi connectivity index (χ0v) is 35.7. The molecule has 4 aliphatic rings. The molecule has 17 heteroatoms. The number of aliphatic hydroxyl groups excluding tert-OH is 2. The first-order valence-corrected chi connectivity index (χ1v) is 21.1. The standard InChI is InChI=1S/C20H24O6.C19H20O5.IO4.Na/c1-20(2)25-18-17(16(15(22)10-21)24-19(18)26-20)23-11-12-7-8-13-5-3-4-6-14(13)9-12;1-19(2)23-17-16(15(10-20)22-18(17)24-19)21-11-12-7-8-13-5-3-4-6-14(13)9-12;2-1(3,4)5;/h3-9,15-19,21-22H,10-11H2,1-2H3;3-10,15-18H,11H2,1-2H3;;/q;;-1;+1/t15?,16-,17-,18-,19-;15-,16-,17-,18-;;/m11../s1. The van der Waals surface area contributed by atoms with Gasteiger partial charge in [-0.05, 0) is 72.5 Å². The largest absolute Gasteiger partial charge is 1.00 e. The Kier molecular flexibility index (Phi) is 15.5. The van der Waals surface area contributed by atoms with Crippen molar-refractivity contribution in [3.05, 3.63) is 96.1 Å². The van der Waals surface area contributed by atoms with Crippen molar-refractivity contribution >= 4 is 27.8 Å². The molecule has 1 unspecified atom stereocenters. The van der Waals surface area contributed by atoms with Crippen molar-refractivity contribution in [2.45, 2.75) is 108 Å². The van der Waals surface area contributed by atoms with Crippen LogP contribution in [0.1, 0.15) is 38.8 Å². The van der Waals surface area contributed by atoms with Gasteiger partial charge >= 0.3 is 29.6 Å². The van der Waals surface area contributed by atoms with Gasteiger partial charge in [-0.25, -0.2) is 0 Å². The van der Waals surface area contributed by atoms with Gasteiger partial charge in [-0.1, -0.05) is 72.8 Å². The van der Waals surface area contributed by atoms with E-state index in [1.807, 2.05) is 64.1 Å². The van der Waals surface area contributed by atoms with Crippen LogP contribution in [0.4, 0.5) is 0 Å². The monoisotopic (exact) mass is 902 g/mol. The fraction of sp³-hybridized carbons (Fsp3) is 0.462. The van der Waals surface area contributed by atoms with E-state index in [2.05, 4.69) is 48.5 Å². The number of carbonyl (C=O) groups is 1. The fourth-order valence-corrected chi connectivity index (χ4v) is 6.95. The van der Waals surface area contributed by atoms with Crippen molar-refractivity contribution in [2.24, 2.45) is 0 Å². The van der Waals surface area contributed by atoms with Crippen molar-refractivity contribution < 1.29 is 116 Å². The average molecular weight is 903 g/mol. The molecule has 8 rings (SSSR count). The van der Waals surface area contributed by atoms with Gasteiger partial charge in [0.1, 0.15) is 62.8 Å². The van der Waals surface area contributed by atoms with E-state index < -0.39 is 93.6 Å². The minimum Gasteiger partial charge on any atom is -0.394 e. The Morgan fingerprint density at radius 2 is 1.12 bits per heavy atom.